The standard InChI is InChI=1S/C12H11BrN2O2/c1-17-12-9(13)11-7(4-14-12)8(5-16)10(15-11)6-2-3-6/h4-6,15H,2-3H2,1H3. The van der Waals surface area contributed by atoms with Gasteiger partial charge >= 0.3 is 0 Å². The molecule has 0 spiro atoms. The van der Waals surface area contributed by atoms with Crippen LogP contribution < -0.4 is 4.74 Å². The smallest absolute Gasteiger partial charge is 0.229 e. The number of nitrogens with one attached hydrogen (secondary N) is 1. The molecule has 5 heteroatoms. The number of ether oxygens (including phenoxy) is 1. The minimum absolute atomic E-state index is 0.500. The van der Waals surface area contributed by atoms with Crippen LogP contribution >= 0.6 is 15.9 Å². The van der Waals surface area contributed by atoms with E-state index >= 15 is 0 Å². The average molecular weight is 295 g/mol. The third-order valence-corrected chi connectivity index (χ3v) is 3.86. The second-order valence-corrected chi connectivity index (χ2v) is 5.01. The molecule has 0 unspecified atom stereocenters. The molecule has 1 fully saturated rings. The van der Waals surface area contributed by atoms with Crippen molar-refractivity contribution in [3.05, 3.63) is 21.9 Å². The van der Waals surface area contributed by atoms with E-state index in [2.05, 4.69) is 25.9 Å². The van der Waals surface area contributed by atoms with E-state index in [1.807, 2.05) is 0 Å². The Balaban J connectivity index is 2.31. The van der Waals surface area contributed by atoms with E-state index < -0.39 is 0 Å². The van der Waals surface area contributed by atoms with E-state index in [1.54, 1.807) is 13.3 Å². The van der Waals surface area contributed by atoms with Gasteiger partial charge in [-0.05, 0) is 34.7 Å². The number of aldehydes is 1. The summed E-state index contributed by atoms with van der Waals surface area (Å²) >= 11 is 3.45. The number of pyridine rings is 1. The summed E-state index contributed by atoms with van der Waals surface area (Å²) < 4.78 is 5.92. The zero-order valence-electron chi connectivity index (χ0n) is 9.29. The second-order valence-electron chi connectivity index (χ2n) is 4.21. The van der Waals surface area contributed by atoms with E-state index in [4.69, 9.17) is 4.74 Å². The van der Waals surface area contributed by atoms with Crippen LogP contribution in [0.1, 0.15) is 34.8 Å². The predicted octanol–water partition coefficient (Wildman–Crippen LogP) is 3.02. The number of H-pyrrole nitrogens is 1. The van der Waals surface area contributed by atoms with Crippen molar-refractivity contribution >= 4 is 33.1 Å². The summed E-state index contributed by atoms with van der Waals surface area (Å²) in [5.74, 6) is 1.03. The zero-order valence-corrected chi connectivity index (χ0v) is 10.9. The van der Waals surface area contributed by atoms with Crippen molar-refractivity contribution in [2.75, 3.05) is 7.11 Å². The molecule has 17 heavy (non-hydrogen) atoms. The molecule has 1 saturated carbocycles. The Morgan fingerprint density at radius 2 is 2.35 bits per heavy atom. The van der Waals surface area contributed by atoms with Crippen molar-refractivity contribution in [2.24, 2.45) is 0 Å². The van der Waals surface area contributed by atoms with Gasteiger partial charge in [0.15, 0.2) is 6.29 Å². The van der Waals surface area contributed by atoms with Crippen molar-refractivity contribution < 1.29 is 9.53 Å². The number of nitrogens with zero attached hydrogens (tertiary/aromatic N) is 1. The van der Waals surface area contributed by atoms with Crippen LogP contribution in [-0.4, -0.2) is 23.4 Å². The van der Waals surface area contributed by atoms with Gasteiger partial charge in [-0.25, -0.2) is 4.98 Å². The number of hydrogen-bond donors (Lipinski definition) is 1. The molecule has 0 radical (unpaired) electrons. The zero-order chi connectivity index (χ0) is 12.0. The summed E-state index contributed by atoms with van der Waals surface area (Å²) in [5, 5.41) is 0.856. The minimum Gasteiger partial charge on any atom is -0.480 e. The Labute approximate surface area is 107 Å². The van der Waals surface area contributed by atoms with Crippen LogP contribution in [0.25, 0.3) is 10.9 Å². The highest BCUT2D eigenvalue weighted by molar-refractivity contribution is 9.10. The molecule has 4 nitrogen and oxygen atoms in total. The molecule has 0 amide bonds. The highest BCUT2D eigenvalue weighted by Gasteiger charge is 2.29. The van der Waals surface area contributed by atoms with Gasteiger partial charge < -0.3 is 9.72 Å². The number of methoxy groups -OCH3 is 1. The second kappa shape index (κ2) is 3.84. The van der Waals surface area contributed by atoms with Crippen LogP contribution in [0.15, 0.2) is 10.7 Å². The van der Waals surface area contributed by atoms with Gasteiger partial charge in [-0.2, -0.15) is 0 Å². The molecular formula is C12H11BrN2O2. The van der Waals surface area contributed by atoms with Gasteiger partial charge in [-0.1, -0.05) is 0 Å². The van der Waals surface area contributed by atoms with Crippen LogP contribution in [-0.2, 0) is 0 Å². The molecule has 2 aromatic heterocycles. The maximum absolute atomic E-state index is 11.2. The number of halogens is 1. The normalized spacial score (nSPS) is 15.2. The summed E-state index contributed by atoms with van der Waals surface area (Å²) in [5.41, 5.74) is 2.66. The highest BCUT2D eigenvalue weighted by Crippen LogP contribution is 2.44. The molecule has 2 aromatic rings. The van der Waals surface area contributed by atoms with Crippen LogP contribution in [0.2, 0.25) is 0 Å². The van der Waals surface area contributed by atoms with Gasteiger partial charge in [0.1, 0.15) is 4.47 Å². The van der Waals surface area contributed by atoms with Gasteiger partial charge in [-0.15, -0.1) is 0 Å². The monoisotopic (exact) mass is 294 g/mol. The van der Waals surface area contributed by atoms with E-state index in [0.717, 1.165) is 45.8 Å². The molecule has 0 saturated heterocycles. The number of carbonyl (C=O) groups is 1. The maximum atomic E-state index is 11.2. The fraction of sp³-hybridized carbons (Fsp3) is 0.333. The third kappa shape index (κ3) is 1.57. The fourth-order valence-corrected chi connectivity index (χ4v) is 2.68. The summed E-state index contributed by atoms with van der Waals surface area (Å²) in [4.78, 5) is 18.7. The van der Waals surface area contributed by atoms with Crippen molar-refractivity contribution in [2.45, 2.75) is 18.8 Å². The number of hydrogen-bond acceptors (Lipinski definition) is 3. The van der Waals surface area contributed by atoms with Crippen LogP contribution in [0.3, 0.4) is 0 Å². The quantitative estimate of drug-likeness (QED) is 0.886. The first-order chi connectivity index (χ1) is 8.26. The molecule has 1 aliphatic carbocycles. The number of carbonyl (C=O) groups excluding carboxylic acids is 1. The van der Waals surface area contributed by atoms with E-state index in [9.17, 15) is 4.79 Å². The highest BCUT2D eigenvalue weighted by atomic mass is 79.9. The van der Waals surface area contributed by atoms with Gasteiger partial charge in [0.2, 0.25) is 5.88 Å². The summed E-state index contributed by atoms with van der Waals surface area (Å²) in [7, 11) is 1.57. The molecule has 0 atom stereocenters. The first-order valence-corrected chi connectivity index (χ1v) is 6.24. The Hall–Kier alpha value is -1.36. The van der Waals surface area contributed by atoms with Crippen molar-refractivity contribution in [3.63, 3.8) is 0 Å². The lowest BCUT2D eigenvalue weighted by atomic mass is 10.1. The van der Waals surface area contributed by atoms with E-state index in [-0.39, 0.29) is 0 Å². The molecule has 0 aliphatic heterocycles. The SMILES string of the molecule is COc1ncc2c(C=O)c(C3CC3)[nH]c2c1Br. The Bertz CT molecular complexity index is 602. The largest absolute Gasteiger partial charge is 0.480 e. The summed E-state index contributed by atoms with van der Waals surface area (Å²) in [6.45, 7) is 0. The molecule has 1 aliphatic rings. The molecule has 0 bridgehead atoms. The lowest BCUT2D eigenvalue weighted by Gasteiger charge is -2.01. The van der Waals surface area contributed by atoms with Gasteiger partial charge in [0.25, 0.3) is 0 Å². The molecule has 3 rings (SSSR count). The first kappa shape index (κ1) is 10.8. The Morgan fingerprint density at radius 3 is 2.94 bits per heavy atom. The third-order valence-electron chi connectivity index (χ3n) is 3.12. The lowest BCUT2D eigenvalue weighted by molar-refractivity contribution is 0.112. The number of rotatable bonds is 3. The van der Waals surface area contributed by atoms with Gasteiger partial charge in [0, 0.05) is 22.8 Å². The lowest BCUT2D eigenvalue weighted by Crippen LogP contribution is -1.89. The minimum atomic E-state index is 0.500. The van der Waals surface area contributed by atoms with Gasteiger partial charge in [-0.3, -0.25) is 4.79 Å². The van der Waals surface area contributed by atoms with E-state index in [0.29, 0.717) is 11.8 Å². The van der Waals surface area contributed by atoms with Crippen molar-refractivity contribution in [3.8, 4) is 5.88 Å². The number of aromatic amines is 1. The molecule has 1 N–H and O–H groups in total. The Kier molecular flexibility index (Phi) is 2.43. The summed E-state index contributed by atoms with van der Waals surface area (Å²) in [6.07, 6.45) is 4.89. The molecular weight excluding hydrogens is 284 g/mol. The average Bonchev–Trinajstić information content (AvgIpc) is 3.11. The van der Waals surface area contributed by atoms with Gasteiger partial charge in [0.05, 0.1) is 12.6 Å². The Morgan fingerprint density at radius 1 is 1.59 bits per heavy atom. The van der Waals surface area contributed by atoms with Crippen molar-refractivity contribution in [1.29, 1.82) is 0 Å². The number of aromatic nitrogens is 2. The summed E-state index contributed by atoms with van der Waals surface area (Å²) in [6, 6.07) is 0. The topological polar surface area (TPSA) is 55.0 Å². The van der Waals surface area contributed by atoms with Crippen LogP contribution in [0.4, 0.5) is 0 Å². The van der Waals surface area contributed by atoms with E-state index in [1.165, 1.54) is 0 Å². The number of fused-ring (bicyclic) bond motifs is 1. The molecule has 0 aromatic carbocycles. The van der Waals surface area contributed by atoms with Crippen LogP contribution in [0, 0.1) is 0 Å². The van der Waals surface area contributed by atoms with Crippen molar-refractivity contribution in [1.82, 2.24) is 9.97 Å². The molecule has 88 valence electrons. The first-order valence-electron chi connectivity index (χ1n) is 5.45. The fourth-order valence-electron chi connectivity index (χ4n) is 2.11. The maximum Gasteiger partial charge on any atom is 0.229 e. The van der Waals surface area contributed by atoms with Crippen LogP contribution in [0.5, 0.6) is 5.88 Å². The predicted molar refractivity (Wildman–Crippen MR) is 67.7 cm³/mol. The molecule has 2 heterocycles.